The predicted molar refractivity (Wildman–Crippen MR) is 92.4 cm³/mol. The van der Waals surface area contributed by atoms with Gasteiger partial charge in [-0.3, -0.25) is 0 Å². The van der Waals surface area contributed by atoms with Crippen LogP contribution in [0.1, 0.15) is 79.6 Å². The molecule has 0 aliphatic rings. The fourth-order valence-electron chi connectivity index (χ4n) is 2.97. The van der Waals surface area contributed by atoms with Gasteiger partial charge in [0.2, 0.25) is 0 Å². The molecule has 0 rings (SSSR count). The summed E-state index contributed by atoms with van der Waals surface area (Å²) < 4.78 is 0. The van der Waals surface area contributed by atoms with Gasteiger partial charge in [0.05, 0.1) is 0 Å². The number of hydrogen-bond acceptors (Lipinski definition) is 2. The SMILES string of the molecule is CCCCN(CCCC)CC(C)(CCC)CNCCC. The maximum Gasteiger partial charge on any atom is 0.00475 e. The molecule has 2 nitrogen and oxygen atoms in total. The van der Waals surface area contributed by atoms with Gasteiger partial charge in [0.25, 0.3) is 0 Å². The van der Waals surface area contributed by atoms with E-state index in [1.165, 1.54) is 71.1 Å². The van der Waals surface area contributed by atoms with Crippen LogP contribution in [-0.4, -0.2) is 37.6 Å². The molecule has 0 aromatic heterocycles. The number of nitrogens with zero attached hydrogens (tertiary/aromatic N) is 1. The third-order valence-corrected chi connectivity index (χ3v) is 4.09. The average molecular weight is 285 g/mol. The smallest absolute Gasteiger partial charge is 0.00475 e. The zero-order chi connectivity index (χ0) is 15.3. The Bertz CT molecular complexity index is 198. The number of unbranched alkanes of at least 4 members (excludes halogenated alkanes) is 2. The predicted octanol–water partition coefficient (Wildman–Crippen LogP) is 4.69. The third-order valence-electron chi connectivity index (χ3n) is 4.09. The van der Waals surface area contributed by atoms with Crippen molar-refractivity contribution in [3.63, 3.8) is 0 Å². The molecule has 0 amide bonds. The van der Waals surface area contributed by atoms with Gasteiger partial charge in [-0.25, -0.2) is 0 Å². The number of rotatable bonds is 14. The van der Waals surface area contributed by atoms with Gasteiger partial charge in [0.1, 0.15) is 0 Å². The first-order valence-corrected chi connectivity index (χ1v) is 9.04. The van der Waals surface area contributed by atoms with Crippen LogP contribution in [0.5, 0.6) is 0 Å². The molecule has 0 bridgehead atoms. The molecule has 1 N–H and O–H groups in total. The Hall–Kier alpha value is -0.0800. The van der Waals surface area contributed by atoms with Gasteiger partial charge in [-0.05, 0) is 50.7 Å². The van der Waals surface area contributed by atoms with Gasteiger partial charge < -0.3 is 10.2 Å². The normalized spacial score (nSPS) is 14.7. The molecule has 0 saturated carbocycles. The van der Waals surface area contributed by atoms with Crippen molar-refractivity contribution in [1.29, 1.82) is 0 Å². The third kappa shape index (κ3) is 9.77. The molecule has 1 atom stereocenters. The summed E-state index contributed by atoms with van der Waals surface area (Å²) in [5.74, 6) is 0. The standard InChI is InChI=1S/C18H40N2/c1-6-10-14-20(15-11-7-2)17-18(5,12-8-3)16-19-13-9-4/h19H,6-17H2,1-5H3. The van der Waals surface area contributed by atoms with Crippen LogP contribution in [0.2, 0.25) is 0 Å². The van der Waals surface area contributed by atoms with Crippen LogP contribution < -0.4 is 5.32 Å². The Kier molecular flexibility index (Phi) is 12.6. The minimum Gasteiger partial charge on any atom is -0.316 e. The van der Waals surface area contributed by atoms with Crippen LogP contribution in [0.4, 0.5) is 0 Å². The molecule has 0 spiro atoms. The largest absolute Gasteiger partial charge is 0.316 e. The minimum absolute atomic E-state index is 0.436. The Labute approximate surface area is 128 Å². The second-order valence-electron chi connectivity index (χ2n) is 6.72. The summed E-state index contributed by atoms with van der Waals surface area (Å²) in [7, 11) is 0. The van der Waals surface area contributed by atoms with Gasteiger partial charge in [-0.2, -0.15) is 0 Å². The molecule has 20 heavy (non-hydrogen) atoms. The molecule has 0 aliphatic heterocycles. The lowest BCUT2D eigenvalue weighted by Crippen LogP contribution is -2.43. The monoisotopic (exact) mass is 284 g/mol. The quantitative estimate of drug-likeness (QED) is 0.465. The Morgan fingerprint density at radius 1 is 0.850 bits per heavy atom. The van der Waals surface area contributed by atoms with E-state index >= 15 is 0 Å². The highest BCUT2D eigenvalue weighted by Crippen LogP contribution is 2.24. The lowest BCUT2D eigenvalue weighted by atomic mass is 9.84. The van der Waals surface area contributed by atoms with Crippen molar-refractivity contribution in [3.05, 3.63) is 0 Å². The molecular formula is C18H40N2. The van der Waals surface area contributed by atoms with E-state index < -0.39 is 0 Å². The van der Waals surface area contributed by atoms with Crippen molar-refractivity contribution in [2.24, 2.45) is 5.41 Å². The number of nitrogens with one attached hydrogen (secondary N) is 1. The fraction of sp³-hybridized carbons (Fsp3) is 1.00. The van der Waals surface area contributed by atoms with E-state index in [2.05, 4.69) is 44.8 Å². The minimum atomic E-state index is 0.436. The first-order valence-electron chi connectivity index (χ1n) is 9.04. The van der Waals surface area contributed by atoms with Crippen LogP contribution in [0.3, 0.4) is 0 Å². The zero-order valence-corrected chi connectivity index (χ0v) is 14.9. The summed E-state index contributed by atoms with van der Waals surface area (Å²) in [5, 5.41) is 3.65. The molecule has 0 aliphatic carbocycles. The second-order valence-corrected chi connectivity index (χ2v) is 6.72. The van der Waals surface area contributed by atoms with Crippen LogP contribution in [0, 0.1) is 5.41 Å². The van der Waals surface area contributed by atoms with E-state index in [0.717, 1.165) is 6.54 Å². The highest BCUT2D eigenvalue weighted by molar-refractivity contribution is 4.81. The second kappa shape index (κ2) is 12.6. The molecule has 0 radical (unpaired) electrons. The Morgan fingerprint density at radius 3 is 1.90 bits per heavy atom. The molecular weight excluding hydrogens is 244 g/mol. The molecule has 0 heterocycles. The molecule has 0 aromatic rings. The summed E-state index contributed by atoms with van der Waals surface area (Å²) >= 11 is 0. The van der Waals surface area contributed by atoms with Crippen molar-refractivity contribution >= 4 is 0 Å². The molecule has 1 unspecified atom stereocenters. The van der Waals surface area contributed by atoms with Gasteiger partial charge >= 0.3 is 0 Å². The summed E-state index contributed by atoms with van der Waals surface area (Å²) in [6.07, 6.45) is 9.15. The van der Waals surface area contributed by atoms with Crippen molar-refractivity contribution in [2.45, 2.75) is 79.6 Å². The molecule has 0 aromatic carbocycles. The van der Waals surface area contributed by atoms with E-state index in [0.29, 0.717) is 5.41 Å². The summed E-state index contributed by atoms with van der Waals surface area (Å²) in [6.45, 7) is 17.8. The van der Waals surface area contributed by atoms with Gasteiger partial charge in [0, 0.05) is 13.1 Å². The lowest BCUT2D eigenvalue weighted by molar-refractivity contribution is 0.146. The zero-order valence-electron chi connectivity index (χ0n) is 14.9. The topological polar surface area (TPSA) is 15.3 Å². The van der Waals surface area contributed by atoms with Crippen molar-refractivity contribution in [3.8, 4) is 0 Å². The van der Waals surface area contributed by atoms with Crippen LogP contribution in [-0.2, 0) is 0 Å². The average Bonchev–Trinajstić information content (AvgIpc) is 2.42. The molecule has 2 heteroatoms. The molecule has 0 saturated heterocycles. The fourth-order valence-corrected chi connectivity index (χ4v) is 2.97. The van der Waals surface area contributed by atoms with E-state index in [-0.39, 0.29) is 0 Å². The van der Waals surface area contributed by atoms with Gasteiger partial charge in [-0.1, -0.05) is 53.9 Å². The van der Waals surface area contributed by atoms with E-state index in [4.69, 9.17) is 0 Å². The Balaban J connectivity index is 4.42. The maximum atomic E-state index is 3.65. The van der Waals surface area contributed by atoms with Crippen LogP contribution in [0.25, 0.3) is 0 Å². The summed E-state index contributed by atoms with van der Waals surface area (Å²) in [5.41, 5.74) is 0.436. The first kappa shape index (κ1) is 19.9. The van der Waals surface area contributed by atoms with Crippen LogP contribution in [0.15, 0.2) is 0 Å². The van der Waals surface area contributed by atoms with Crippen molar-refractivity contribution in [2.75, 3.05) is 32.7 Å². The maximum absolute atomic E-state index is 3.65. The van der Waals surface area contributed by atoms with Crippen LogP contribution >= 0.6 is 0 Å². The highest BCUT2D eigenvalue weighted by Gasteiger charge is 2.25. The summed E-state index contributed by atoms with van der Waals surface area (Å²) in [4.78, 5) is 2.72. The number of hydrogen-bond donors (Lipinski definition) is 1. The van der Waals surface area contributed by atoms with Gasteiger partial charge in [-0.15, -0.1) is 0 Å². The van der Waals surface area contributed by atoms with E-state index in [1.54, 1.807) is 0 Å². The van der Waals surface area contributed by atoms with Crippen molar-refractivity contribution in [1.82, 2.24) is 10.2 Å². The molecule has 122 valence electrons. The van der Waals surface area contributed by atoms with E-state index in [9.17, 15) is 0 Å². The van der Waals surface area contributed by atoms with E-state index in [1.807, 2.05) is 0 Å². The molecule has 0 fully saturated rings. The van der Waals surface area contributed by atoms with Gasteiger partial charge in [0.15, 0.2) is 0 Å². The lowest BCUT2D eigenvalue weighted by Gasteiger charge is -2.36. The van der Waals surface area contributed by atoms with Crippen molar-refractivity contribution < 1.29 is 0 Å². The highest BCUT2D eigenvalue weighted by atomic mass is 15.1. The first-order chi connectivity index (χ1) is 9.61. The summed E-state index contributed by atoms with van der Waals surface area (Å²) in [6, 6.07) is 0. The Morgan fingerprint density at radius 2 is 1.45 bits per heavy atom.